The molecule has 1 aromatic heterocycles. The molecule has 2 atom stereocenters. The van der Waals surface area contributed by atoms with E-state index in [9.17, 15) is 0 Å². The third-order valence-electron chi connectivity index (χ3n) is 4.61. The van der Waals surface area contributed by atoms with Crippen molar-refractivity contribution in [2.24, 2.45) is 5.92 Å². The Labute approximate surface area is 107 Å². The molecule has 0 amide bonds. The second kappa shape index (κ2) is 3.82. The van der Waals surface area contributed by atoms with Gasteiger partial charge in [-0.1, -0.05) is 0 Å². The predicted molar refractivity (Wildman–Crippen MR) is 72.8 cm³/mol. The summed E-state index contributed by atoms with van der Waals surface area (Å²) in [5.74, 6) is 1.55. The van der Waals surface area contributed by atoms with Crippen molar-refractivity contribution < 1.29 is 0 Å². The summed E-state index contributed by atoms with van der Waals surface area (Å²) in [7, 11) is 0. The van der Waals surface area contributed by atoms with Crippen LogP contribution in [0.4, 0.5) is 0 Å². The van der Waals surface area contributed by atoms with E-state index in [0.29, 0.717) is 5.92 Å². The Bertz CT molecular complexity index is 599. The number of hydrogen-bond acceptors (Lipinski definition) is 2. The lowest BCUT2D eigenvalue weighted by molar-refractivity contribution is 0.318. The number of hydrogen-bond donors (Lipinski definition) is 1. The average molecular weight is 241 g/mol. The van der Waals surface area contributed by atoms with Crippen LogP contribution in [0, 0.1) is 5.92 Å². The number of aromatic nitrogens is 2. The van der Waals surface area contributed by atoms with Crippen molar-refractivity contribution in [1.29, 1.82) is 0 Å². The molecular weight excluding hydrogens is 222 g/mol. The maximum atomic E-state index is 4.55. The zero-order valence-corrected chi connectivity index (χ0v) is 10.8. The highest BCUT2D eigenvalue weighted by Crippen LogP contribution is 2.38. The monoisotopic (exact) mass is 241 g/mol. The van der Waals surface area contributed by atoms with E-state index in [1.165, 1.54) is 30.4 Å². The summed E-state index contributed by atoms with van der Waals surface area (Å²) in [6.45, 7) is 5.52. The van der Waals surface area contributed by atoms with Crippen molar-refractivity contribution in [1.82, 2.24) is 14.9 Å². The first-order valence-corrected chi connectivity index (χ1v) is 7.03. The van der Waals surface area contributed by atoms with Crippen LogP contribution in [0.2, 0.25) is 0 Å². The Morgan fingerprint density at radius 3 is 3.22 bits per heavy atom. The summed E-state index contributed by atoms with van der Waals surface area (Å²) < 4.78 is 2.25. The van der Waals surface area contributed by atoms with Gasteiger partial charge in [0.2, 0.25) is 0 Å². The van der Waals surface area contributed by atoms with Crippen LogP contribution in [0.1, 0.15) is 30.4 Å². The fraction of sp³-hybridized carbons (Fsp3) is 0.533. The van der Waals surface area contributed by atoms with Crippen LogP contribution in [0.3, 0.4) is 0 Å². The Morgan fingerprint density at radius 2 is 2.33 bits per heavy atom. The van der Waals surface area contributed by atoms with E-state index in [2.05, 4.69) is 33.9 Å². The molecule has 1 aromatic carbocycles. The molecule has 0 saturated carbocycles. The molecule has 0 spiro atoms. The molecule has 2 aromatic rings. The van der Waals surface area contributed by atoms with Crippen molar-refractivity contribution >= 4 is 11.0 Å². The molecule has 1 N–H and O–H groups in total. The van der Waals surface area contributed by atoms with E-state index in [-0.39, 0.29) is 0 Å². The Balaban J connectivity index is 1.91. The van der Waals surface area contributed by atoms with Crippen LogP contribution >= 0.6 is 0 Å². The molecule has 18 heavy (non-hydrogen) atoms. The van der Waals surface area contributed by atoms with Gasteiger partial charge in [-0.2, -0.15) is 0 Å². The van der Waals surface area contributed by atoms with Crippen LogP contribution in [-0.2, 0) is 13.0 Å². The summed E-state index contributed by atoms with van der Waals surface area (Å²) in [5.41, 5.74) is 5.59. The molecule has 1 saturated heterocycles. The second-order valence-electron chi connectivity index (χ2n) is 5.73. The molecule has 2 aliphatic rings. The van der Waals surface area contributed by atoms with Crippen molar-refractivity contribution in [3.05, 3.63) is 29.6 Å². The molecule has 1 aliphatic heterocycles. The zero-order valence-electron chi connectivity index (χ0n) is 10.8. The molecular formula is C15H19N3. The Hall–Kier alpha value is -1.35. The molecule has 94 valence electrons. The van der Waals surface area contributed by atoms with Gasteiger partial charge in [0.15, 0.2) is 0 Å². The summed E-state index contributed by atoms with van der Waals surface area (Å²) in [5, 5.41) is 3.57. The lowest BCUT2D eigenvalue weighted by Gasteiger charge is -2.36. The highest BCUT2D eigenvalue weighted by Gasteiger charge is 2.30. The van der Waals surface area contributed by atoms with Gasteiger partial charge in [-0.15, -0.1) is 0 Å². The van der Waals surface area contributed by atoms with E-state index in [1.807, 2.05) is 6.33 Å². The first-order chi connectivity index (χ1) is 8.85. The number of nitrogens with one attached hydrogen (secondary N) is 1. The van der Waals surface area contributed by atoms with Gasteiger partial charge in [0.25, 0.3) is 0 Å². The van der Waals surface area contributed by atoms with Crippen molar-refractivity contribution in [3.8, 4) is 0 Å². The van der Waals surface area contributed by atoms with Crippen LogP contribution in [0.5, 0.6) is 0 Å². The number of aryl methyl sites for hydroxylation is 1. The summed E-state index contributed by atoms with van der Waals surface area (Å²) in [4.78, 5) is 4.55. The highest BCUT2D eigenvalue weighted by molar-refractivity contribution is 5.78. The predicted octanol–water partition coefficient (Wildman–Crippen LogP) is 2.31. The number of piperidine rings is 1. The molecule has 2 unspecified atom stereocenters. The SMILES string of the molecule is CCn1cnc2cc3c(cc21)CC1CNCC3C1. The topological polar surface area (TPSA) is 29.9 Å². The minimum absolute atomic E-state index is 0.712. The van der Waals surface area contributed by atoms with E-state index in [0.717, 1.165) is 19.0 Å². The lowest BCUT2D eigenvalue weighted by Crippen LogP contribution is -2.39. The fourth-order valence-electron chi connectivity index (χ4n) is 3.71. The average Bonchev–Trinajstić information content (AvgIpc) is 2.79. The van der Waals surface area contributed by atoms with E-state index < -0.39 is 0 Å². The maximum Gasteiger partial charge on any atom is 0.0958 e. The molecule has 3 nitrogen and oxygen atoms in total. The lowest BCUT2D eigenvalue weighted by atomic mass is 9.74. The molecule has 0 radical (unpaired) electrons. The van der Waals surface area contributed by atoms with Gasteiger partial charge in [-0.3, -0.25) is 0 Å². The van der Waals surface area contributed by atoms with Gasteiger partial charge < -0.3 is 9.88 Å². The van der Waals surface area contributed by atoms with Gasteiger partial charge in [-0.05, 0) is 61.4 Å². The number of imidazole rings is 1. The van der Waals surface area contributed by atoms with Crippen LogP contribution in [0.15, 0.2) is 18.5 Å². The maximum absolute atomic E-state index is 4.55. The van der Waals surface area contributed by atoms with Gasteiger partial charge in [0, 0.05) is 13.1 Å². The molecule has 1 fully saturated rings. The first-order valence-electron chi connectivity index (χ1n) is 7.03. The zero-order chi connectivity index (χ0) is 12.1. The van der Waals surface area contributed by atoms with E-state index >= 15 is 0 Å². The smallest absolute Gasteiger partial charge is 0.0958 e. The third-order valence-corrected chi connectivity index (χ3v) is 4.61. The van der Waals surface area contributed by atoms with Gasteiger partial charge >= 0.3 is 0 Å². The van der Waals surface area contributed by atoms with Crippen molar-refractivity contribution in [2.45, 2.75) is 32.2 Å². The Morgan fingerprint density at radius 1 is 1.39 bits per heavy atom. The summed E-state index contributed by atoms with van der Waals surface area (Å²) in [6.07, 6.45) is 4.57. The van der Waals surface area contributed by atoms with Crippen LogP contribution < -0.4 is 5.32 Å². The van der Waals surface area contributed by atoms with Gasteiger partial charge in [-0.25, -0.2) is 4.98 Å². The number of rotatable bonds is 1. The van der Waals surface area contributed by atoms with Gasteiger partial charge in [0.05, 0.1) is 17.4 Å². The summed E-state index contributed by atoms with van der Waals surface area (Å²) >= 11 is 0. The normalized spacial score (nSPS) is 26.3. The highest BCUT2D eigenvalue weighted by atomic mass is 15.0. The molecule has 2 bridgehead atoms. The number of nitrogens with zero attached hydrogens (tertiary/aromatic N) is 2. The molecule has 1 aliphatic carbocycles. The number of fused-ring (bicyclic) bond motifs is 5. The third kappa shape index (κ3) is 1.43. The van der Waals surface area contributed by atoms with Crippen molar-refractivity contribution in [3.63, 3.8) is 0 Å². The standard InChI is InChI=1S/C15H19N3/c1-2-18-9-17-14-6-13-11(5-15(14)18)3-10-4-12(13)8-16-7-10/h5-6,9-10,12,16H,2-4,7-8H2,1H3. The largest absolute Gasteiger partial charge is 0.331 e. The minimum atomic E-state index is 0.712. The van der Waals surface area contributed by atoms with Crippen LogP contribution in [-0.4, -0.2) is 22.6 Å². The van der Waals surface area contributed by atoms with E-state index in [4.69, 9.17) is 0 Å². The first kappa shape index (κ1) is 10.6. The summed E-state index contributed by atoms with van der Waals surface area (Å²) in [6, 6.07) is 4.73. The number of benzene rings is 1. The molecule has 2 heterocycles. The van der Waals surface area contributed by atoms with Crippen LogP contribution in [0.25, 0.3) is 11.0 Å². The Kier molecular flexibility index (Phi) is 2.24. The van der Waals surface area contributed by atoms with E-state index in [1.54, 1.807) is 11.1 Å². The fourth-order valence-corrected chi connectivity index (χ4v) is 3.71. The second-order valence-corrected chi connectivity index (χ2v) is 5.73. The quantitative estimate of drug-likeness (QED) is 0.830. The van der Waals surface area contributed by atoms with Gasteiger partial charge in [0.1, 0.15) is 0 Å². The molecule has 3 heteroatoms. The molecule has 4 rings (SSSR count). The minimum Gasteiger partial charge on any atom is -0.331 e. The van der Waals surface area contributed by atoms with Crippen molar-refractivity contribution in [2.75, 3.05) is 13.1 Å².